The van der Waals surface area contributed by atoms with Gasteiger partial charge in [0.15, 0.2) is 23.3 Å². The monoisotopic (exact) mass is 256 g/mol. The predicted molar refractivity (Wildman–Crippen MR) is 63.4 cm³/mol. The molecule has 0 radical (unpaired) electrons. The van der Waals surface area contributed by atoms with E-state index < -0.39 is 11.6 Å². The number of halogens is 2. The molecule has 18 heavy (non-hydrogen) atoms. The van der Waals surface area contributed by atoms with E-state index in [-0.39, 0.29) is 30.0 Å². The van der Waals surface area contributed by atoms with E-state index in [1.54, 1.807) is 6.92 Å². The molecular formula is C11H14F2N4O. The summed E-state index contributed by atoms with van der Waals surface area (Å²) in [7, 11) is 0. The average molecular weight is 256 g/mol. The van der Waals surface area contributed by atoms with Crippen LogP contribution >= 0.6 is 0 Å². The van der Waals surface area contributed by atoms with Gasteiger partial charge < -0.3 is 16.0 Å². The SMILES string of the molecule is CCNc1nc(NC2CNC(=O)C2)c(F)cc1F. The molecule has 1 aromatic rings. The number of hydrogen-bond acceptors (Lipinski definition) is 4. The van der Waals surface area contributed by atoms with E-state index in [0.29, 0.717) is 13.1 Å². The van der Waals surface area contributed by atoms with Gasteiger partial charge in [0.25, 0.3) is 0 Å². The summed E-state index contributed by atoms with van der Waals surface area (Å²) in [6.45, 7) is 2.68. The topological polar surface area (TPSA) is 66.1 Å². The standard InChI is InChI=1S/C11H14F2N4O/c1-2-14-10-7(12)4-8(13)11(17-10)16-6-3-9(18)15-5-6/h4,6H,2-3,5H2,1H3,(H,15,18)(H2,14,16,17). The molecule has 5 nitrogen and oxygen atoms in total. The molecule has 1 amide bonds. The van der Waals surface area contributed by atoms with Crippen LogP contribution in [0, 0.1) is 11.6 Å². The van der Waals surface area contributed by atoms with E-state index in [2.05, 4.69) is 20.9 Å². The molecule has 3 N–H and O–H groups in total. The van der Waals surface area contributed by atoms with Gasteiger partial charge in [-0.05, 0) is 6.92 Å². The normalized spacial score (nSPS) is 18.6. The van der Waals surface area contributed by atoms with E-state index in [1.807, 2.05) is 0 Å². The molecule has 0 aromatic carbocycles. The first-order valence-electron chi connectivity index (χ1n) is 5.73. The summed E-state index contributed by atoms with van der Waals surface area (Å²) in [6.07, 6.45) is 0.259. The van der Waals surface area contributed by atoms with Crippen molar-refractivity contribution in [2.45, 2.75) is 19.4 Å². The highest BCUT2D eigenvalue weighted by atomic mass is 19.1. The predicted octanol–water partition coefficient (Wildman–Crippen LogP) is 1.09. The van der Waals surface area contributed by atoms with Crippen LogP contribution in [0.25, 0.3) is 0 Å². The van der Waals surface area contributed by atoms with Gasteiger partial charge in [-0.15, -0.1) is 0 Å². The van der Waals surface area contributed by atoms with E-state index in [0.717, 1.165) is 6.07 Å². The van der Waals surface area contributed by atoms with E-state index in [4.69, 9.17) is 0 Å². The van der Waals surface area contributed by atoms with Crippen LogP contribution in [0.15, 0.2) is 6.07 Å². The quantitative estimate of drug-likeness (QED) is 0.754. The summed E-state index contributed by atoms with van der Waals surface area (Å²) in [5, 5.41) is 8.11. The van der Waals surface area contributed by atoms with Gasteiger partial charge in [0.2, 0.25) is 5.91 Å². The third-order valence-electron chi connectivity index (χ3n) is 2.59. The van der Waals surface area contributed by atoms with Crippen molar-refractivity contribution in [3.63, 3.8) is 0 Å². The van der Waals surface area contributed by atoms with Crippen LogP contribution in [0.4, 0.5) is 20.4 Å². The molecule has 2 rings (SSSR count). The van der Waals surface area contributed by atoms with Crippen molar-refractivity contribution in [1.29, 1.82) is 0 Å². The summed E-state index contributed by atoms with van der Waals surface area (Å²) in [5.74, 6) is -1.65. The molecule has 98 valence electrons. The van der Waals surface area contributed by atoms with Gasteiger partial charge in [0.05, 0.1) is 6.04 Å². The molecule has 1 atom stereocenters. The van der Waals surface area contributed by atoms with Gasteiger partial charge in [-0.3, -0.25) is 4.79 Å². The summed E-state index contributed by atoms with van der Waals surface area (Å²) in [5.41, 5.74) is 0. The Morgan fingerprint density at radius 2 is 2.17 bits per heavy atom. The number of rotatable bonds is 4. The first kappa shape index (κ1) is 12.5. The number of hydrogen-bond donors (Lipinski definition) is 3. The second-order valence-corrected chi connectivity index (χ2v) is 4.03. The lowest BCUT2D eigenvalue weighted by molar-refractivity contribution is -0.119. The Hall–Kier alpha value is -1.92. The second kappa shape index (κ2) is 5.16. The fourth-order valence-corrected chi connectivity index (χ4v) is 1.76. The Morgan fingerprint density at radius 3 is 2.78 bits per heavy atom. The maximum Gasteiger partial charge on any atom is 0.222 e. The summed E-state index contributed by atoms with van der Waals surface area (Å²) in [4.78, 5) is 14.9. The first-order chi connectivity index (χ1) is 8.60. The van der Waals surface area contributed by atoms with Gasteiger partial charge >= 0.3 is 0 Å². The highest BCUT2D eigenvalue weighted by Crippen LogP contribution is 2.20. The summed E-state index contributed by atoms with van der Waals surface area (Å²) < 4.78 is 26.9. The van der Waals surface area contributed by atoms with Gasteiger partial charge in [-0.2, -0.15) is 0 Å². The van der Waals surface area contributed by atoms with Crippen LogP contribution < -0.4 is 16.0 Å². The zero-order valence-electron chi connectivity index (χ0n) is 9.89. The molecule has 1 saturated heterocycles. The van der Waals surface area contributed by atoms with Crippen LogP contribution in [-0.2, 0) is 4.79 Å². The fourth-order valence-electron chi connectivity index (χ4n) is 1.76. The van der Waals surface area contributed by atoms with Crippen LogP contribution in [-0.4, -0.2) is 30.0 Å². The summed E-state index contributed by atoms with van der Waals surface area (Å²) >= 11 is 0. The number of nitrogens with zero attached hydrogens (tertiary/aromatic N) is 1. The lowest BCUT2D eigenvalue weighted by Crippen LogP contribution is -2.24. The van der Waals surface area contributed by atoms with Crippen molar-refractivity contribution in [1.82, 2.24) is 10.3 Å². The molecule has 1 aromatic heterocycles. The molecule has 0 saturated carbocycles. The number of anilines is 2. The summed E-state index contributed by atoms with van der Waals surface area (Å²) in [6, 6.07) is 0.553. The maximum atomic E-state index is 13.5. The zero-order valence-corrected chi connectivity index (χ0v) is 9.89. The van der Waals surface area contributed by atoms with Crippen molar-refractivity contribution in [3.05, 3.63) is 17.7 Å². The Labute approximate surface area is 103 Å². The molecule has 1 unspecified atom stereocenters. The Balaban J connectivity index is 2.16. The molecule has 1 aliphatic heterocycles. The van der Waals surface area contributed by atoms with E-state index in [9.17, 15) is 13.6 Å². The molecule has 7 heteroatoms. The number of carbonyl (C=O) groups is 1. The first-order valence-corrected chi connectivity index (χ1v) is 5.73. The molecule has 0 spiro atoms. The highest BCUT2D eigenvalue weighted by molar-refractivity contribution is 5.79. The Kier molecular flexibility index (Phi) is 3.59. The second-order valence-electron chi connectivity index (χ2n) is 4.03. The molecular weight excluding hydrogens is 242 g/mol. The third kappa shape index (κ3) is 2.66. The number of nitrogens with one attached hydrogen (secondary N) is 3. The van der Waals surface area contributed by atoms with Crippen molar-refractivity contribution >= 4 is 17.5 Å². The Bertz CT molecular complexity index is 467. The minimum absolute atomic E-state index is 0.00122. The number of amides is 1. The molecule has 0 bridgehead atoms. The van der Waals surface area contributed by atoms with Gasteiger partial charge in [-0.1, -0.05) is 0 Å². The minimum Gasteiger partial charge on any atom is -0.368 e. The lowest BCUT2D eigenvalue weighted by atomic mass is 10.2. The van der Waals surface area contributed by atoms with Crippen molar-refractivity contribution in [2.75, 3.05) is 23.7 Å². The molecule has 0 aliphatic carbocycles. The maximum absolute atomic E-state index is 13.5. The molecule has 1 aliphatic rings. The van der Waals surface area contributed by atoms with Gasteiger partial charge in [0.1, 0.15) is 0 Å². The van der Waals surface area contributed by atoms with Crippen LogP contribution in [0.2, 0.25) is 0 Å². The zero-order chi connectivity index (χ0) is 13.1. The van der Waals surface area contributed by atoms with Crippen LogP contribution in [0.3, 0.4) is 0 Å². The number of pyridine rings is 1. The third-order valence-corrected chi connectivity index (χ3v) is 2.59. The van der Waals surface area contributed by atoms with E-state index >= 15 is 0 Å². The average Bonchev–Trinajstić information content (AvgIpc) is 2.71. The van der Waals surface area contributed by atoms with Crippen molar-refractivity contribution in [2.24, 2.45) is 0 Å². The smallest absolute Gasteiger partial charge is 0.222 e. The fraction of sp³-hybridized carbons (Fsp3) is 0.455. The minimum atomic E-state index is -0.770. The Morgan fingerprint density at radius 1 is 1.44 bits per heavy atom. The van der Waals surface area contributed by atoms with E-state index in [1.165, 1.54) is 0 Å². The van der Waals surface area contributed by atoms with Gasteiger partial charge in [0, 0.05) is 25.6 Å². The van der Waals surface area contributed by atoms with Crippen molar-refractivity contribution < 1.29 is 13.6 Å². The van der Waals surface area contributed by atoms with Crippen LogP contribution in [0.1, 0.15) is 13.3 Å². The van der Waals surface area contributed by atoms with Crippen molar-refractivity contribution in [3.8, 4) is 0 Å². The lowest BCUT2D eigenvalue weighted by Gasteiger charge is -2.13. The largest absolute Gasteiger partial charge is 0.368 e. The number of carbonyl (C=O) groups excluding carboxylic acids is 1. The highest BCUT2D eigenvalue weighted by Gasteiger charge is 2.23. The number of aromatic nitrogens is 1. The van der Waals surface area contributed by atoms with Gasteiger partial charge in [-0.25, -0.2) is 13.8 Å². The molecule has 2 heterocycles. The van der Waals surface area contributed by atoms with Crippen LogP contribution in [0.5, 0.6) is 0 Å². The molecule has 1 fully saturated rings.